The minimum absolute atomic E-state index is 0.00738. The average molecular weight is 331 g/mol. The largest absolute Gasteiger partial charge is 0.326 e. The molecule has 2 rings (SSSR count). The third-order valence-electron chi connectivity index (χ3n) is 3.72. The number of halogens is 1. The van der Waals surface area contributed by atoms with E-state index in [-0.39, 0.29) is 15.8 Å². The molecule has 0 spiro atoms. The summed E-state index contributed by atoms with van der Waals surface area (Å²) in [5, 5.41) is 7.79. The average Bonchev–Trinajstić information content (AvgIpc) is 2.38. The molecule has 21 heavy (non-hydrogen) atoms. The number of benzene rings is 1. The third-order valence-corrected chi connectivity index (χ3v) is 5.11. The van der Waals surface area contributed by atoms with Crippen molar-refractivity contribution >= 4 is 33.2 Å². The van der Waals surface area contributed by atoms with E-state index in [4.69, 9.17) is 16.7 Å². The van der Waals surface area contributed by atoms with E-state index in [0.29, 0.717) is 18.0 Å². The summed E-state index contributed by atoms with van der Waals surface area (Å²) in [6.45, 7) is 0. The highest BCUT2D eigenvalue weighted by Crippen LogP contribution is 2.27. The van der Waals surface area contributed by atoms with Crippen molar-refractivity contribution in [3.8, 4) is 0 Å². The highest BCUT2D eigenvalue weighted by Gasteiger charge is 2.18. The number of rotatable bonds is 4. The van der Waals surface area contributed by atoms with E-state index in [0.717, 1.165) is 12.8 Å². The molecule has 1 aliphatic rings. The molecule has 5 nitrogen and oxygen atoms in total. The Bertz CT molecular complexity index is 625. The highest BCUT2D eigenvalue weighted by atomic mass is 35.5. The summed E-state index contributed by atoms with van der Waals surface area (Å²) in [5.41, 5.74) is 0.480. The van der Waals surface area contributed by atoms with Crippen molar-refractivity contribution in [3.05, 3.63) is 23.2 Å². The fourth-order valence-electron chi connectivity index (χ4n) is 2.67. The Kier molecular flexibility index (Phi) is 5.24. The fourth-order valence-corrected chi connectivity index (χ4v) is 3.77. The van der Waals surface area contributed by atoms with Crippen molar-refractivity contribution in [3.63, 3.8) is 0 Å². The SMILES string of the molecule is NS(=O)(=O)c1ccc(NC(=O)CC2CCCCC2)cc1Cl. The van der Waals surface area contributed by atoms with Gasteiger partial charge in [-0.15, -0.1) is 0 Å². The van der Waals surface area contributed by atoms with Crippen molar-refractivity contribution in [1.29, 1.82) is 0 Å². The molecule has 0 bridgehead atoms. The van der Waals surface area contributed by atoms with Crippen LogP contribution in [0.2, 0.25) is 5.02 Å². The first kappa shape index (κ1) is 16.3. The van der Waals surface area contributed by atoms with Gasteiger partial charge in [0.1, 0.15) is 4.90 Å². The lowest BCUT2D eigenvalue weighted by molar-refractivity contribution is -0.117. The van der Waals surface area contributed by atoms with E-state index in [1.807, 2.05) is 0 Å². The number of primary sulfonamides is 1. The van der Waals surface area contributed by atoms with Gasteiger partial charge in [-0.2, -0.15) is 0 Å². The lowest BCUT2D eigenvalue weighted by atomic mass is 9.87. The quantitative estimate of drug-likeness (QED) is 0.889. The van der Waals surface area contributed by atoms with Crippen LogP contribution in [0.4, 0.5) is 5.69 Å². The van der Waals surface area contributed by atoms with Gasteiger partial charge in [0.25, 0.3) is 0 Å². The summed E-state index contributed by atoms with van der Waals surface area (Å²) in [4.78, 5) is 11.8. The molecular formula is C14H19ClN2O3S. The maximum absolute atomic E-state index is 12.0. The van der Waals surface area contributed by atoms with E-state index in [9.17, 15) is 13.2 Å². The fraction of sp³-hybridized carbons (Fsp3) is 0.500. The van der Waals surface area contributed by atoms with E-state index >= 15 is 0 Å². The second-order valence-electron chi connectivity index (χ2n) is 5.45. The lowest BCUT2D eigenvalue weighted by Crippen LogP contribution is -2.18. The topological polar surface area (TPSA) is 89.3 Å². The smallest absolute Gasteiger partial charge is 0.239 e. The highest BCUT2D eigenvalue weighted by molar-refractivity contribution is 7.89. The van der Waals surface area contributed by atoms with Gasteiger partial charge >= 0.3 is 0 Å². The minimum atomic E-state index is -3.85. The molecule has 1 aliphatic carbocycles. The molecule has 1 fully saturated rings. The van der Waals surface area contributed by atoms with Crippen molar-refractivity contribution in [2.24, 2.45) is 11.1 Å². The van der Waals surface area contributed by atoms with Gasteiger partial charge < -0.3 is 5.32 Å². The molecule has 0 atom stereocenters. The van der Waals surface area contributed by atoms with E-state index in [1.165, 1.54) is 37.5 Å². The Morgan fingerprint density at radius 1 is 1.29 bits per heavy atom. The summed E-state index contributed by atoms with van der Waals surface area (Å²) in [7, 11) is -3.85. The van der Waals surface area contributed by atoms with Crippen LogP contribution in [0.25, 0.3) is 0 Å². The lowest BCUT2D eigenvalue weighted by Gasteiger charge is -2.20. The molecule has 7 heteroatoms. The Labute approximate surface area is 129 Å². The number of nitrogens with two attached hydrogens (primary N) is 1. The second-order valence-corrected chi connectivity index (χ2v) is 7.38. The minimum Gasteiger partial charge on any atom is -0.326 e. The number of carbonyl (C=O) groups is 1. The van der Waals surface area contributed by atoms with Crippen LogP contribution in [0.5, 0.6) is 0 Å². The second kappa shape index (κ2) is 6.77. The number of sulfonamides is 1. The predicted octanol–water partition coefficient (Wildman–Crippen LogP) is 2.90. The molecular weight excluding hydrogens is 312 g/mol. The molecule has 1 saturated carbocycles. The molecule has 0 aliphatic heterocycles. The molecule has 1 amide bonds. The summed E-state index contributed by atoms with van der Waals surface area (Å²) in [6, 6.07) is 4.19. The van der Waals surface area contributed by atoms with Gasteiger partial charge in [0.05, 0.1) is 5.02 Å². The summed E-state index contributed by atoms with van der Waals surface area (Å²) >= 11 is 5.88. The molecule has 0 saturated heterocycles. The molecule has 0 radical (unpaired) electrons. The van der Waals surface area contributed by atoms with Crippen LogP contribution in [-0.2, 0) is 14.8 Å². The zero-order chi connectivity index (χ0) is 15.5. The maximum atomic E-state index is 12.0. The molecule has 0 unspecified atom stereocenters. The molecule has 3 N–H and O–H groups in total. The Morgan fingerprint density at radius 3 is 2.52 bits per heavy atom. The van der Waals surface area contributed by atoms with Gasteiger partial charge in [-0.1, -0.05) is 30.9 Å². The van der Waals surface area contributed by atoms with Crippen LogP contribution in [0.15, 0.2) is 23.1 Å². The van der Waals surface area contributed by atoms with Crippen LogP contribution in [-0.4, -0.2) is 14.3 Å². The van der Waals surface area contributed by atoms with Crippen LogP contribution in [0.1, 0.15) is 38.5 Å². The summed E-state index contributed by atoms with van der Waals surface area (Å²) in [6.07, 6.45) is 6.31. The van der Waals surface area contributed by atoms with Crippen molar-refractivity contribution in [1.82, 2.24) is 0 Å². The monoisotopic (exact) mass is 330 g/mol. The van der Waals surface area contributed by atoms with Crippen LogP contribution in [0.3, 0.4) is 0 Å². The number of hydrogen-bond donors (Lipinski definition) is 2. The Hall–Kier alpha value is -1.11. The first-order chi connectivity index (χ1) is 9.86. The van der Waals surface area contributed by atoms with Gasteiger partial charge in [-0.05, 0) is 37.0 Å². The number of amides is 1. The van der Waals surface area contributed by atoms with Crippen LogP contribution < -0.4 is 10.5 Å². The first-order valence-corrected chi connectivity index (χ1v) is 8.91. The molecule has 0 heterocycles. The number of carbonyl (C=O) groups excluding carboxylic acids is 1. The zero-order valence-corrected chi connectivity index (χ0v) is 13.2. The predicted molar refractivity (Wildman–Crippen MR) is 82.6 cm³/mol. The maximum Gasteiger partial charge on any atom is 0.239 e. The first-order valence-electron chi connectivity index (χ1n) is 6.98. The zero-order valence-electron chi connectivity index (χ0n) is 11.6. The van der Waals surface area contributed by atoms with Crippen LogP contribution in [0, 0.1) is 5.92 Å². The van der Waals surface area contributed by atoms with Gasteiger partial charge in [0.2, 0.25) is 15.9 Å². The summed E-state index contributed by atoms with van der Waals surface area (Å²) in [5.74, 6) is 0.374. The van der Waals surface area contributed by atoms with Crippen molar-refractivity contribution in [2.75, 3.05) is 5.32 Å². The van der Waals surface area contributed by atoms with Gasteiger partial charge in [0.15, 0.2) is 0 Å². The van der Waals surface area contributed by atoms with Crippen molar-refractivity contribution < 1.29 is 13.2 Å². The summed E-state index contributed by atoms with van der Waals surface area (Å²) < 4.78 is 22.5. The Balaban J connectivity index is 1.99. The number of nitrogens with one attached hydrogen (secondary N) is 1. The van der Waals surface area contributed by atoms with Gasteiger partial charge in [-0.3, -0.25) is 4.79 Å². The van der Waals surface area contributed by atoms with E-state index in [1.54, 1.807) is 0 Å². The number of hydrogen-bond acceptors (Lipinski definition) is 3. The standard InChI is InChI=1S/C14H19ClN2O3S/c15-12-9-11(6-7-13(12)21(16,19)20)17-14(18)8-10-4-2-1-3-5-10/h6-7,9-10H,1-5,8H2,(H,17,18)(H2,16,19,20). The molecule has 1 aromatic rings. The van der Waals surface area contributed by atoms with Crippen LogP contribution >= 0.6 is 11.6 Å². The van der Waals surface area contributed by atoms with E-state index < -0.39 is 10.0 Å². The molecule has 0 aromatic heterocycles. The molecule has 116 valence electrons. The number of anilines is 1. The van der Waals surface area contributed by atoms with Gasteiger partial charge in [0, 0.05) is 12.1 Å². The van der Waals surface area contributed by atoms with Gasteiger partial charge in [-0.25, -0.2) is 13.6 Å². The third kappa shape index (κ3) is 4.69. The normalized spacial score (nSPS) is 16.7. The molecule has 1 aromatic carbocycles. The van der Waals surface area contributed by atoms with Crippen molar-refractivity contribution in [2.45, 2.75) is 43.4 Å². The van der Waals surface area contributed by atoms with E-state index in [2.05, 4.69) is 5.32 Å². The Morgan fingerprint density at radius 2 is 1.95 bits per heavy atom.